The Morgan fingerprint density at radius 1 is 1.00 bits per heavy atom. The molecule has 3 aromatic carbocycles. The maximum atomic E-state index is 13.7. The largest absolute Gasteiger partial charge is 0.361 e. The van der Waals surface area contributed by atoms with Gasteiger partial charge < -0.3 is 9.88 Å². The Kier molecular flexibility index (Phi) is 7.77. The second kappa shape index (κ2) is 11.1. The highest BCUT2D eigenvalue weighted by atomic mass is 35.5. The van der Waals surface area contributed by atoms with Crippen molar-refractivity contribution in [1.82, 2.24) is 14.2 Å². The molecule has 1 N–H and O–H groups in total. The van der Waals surface area contributed by atoms with Crippen LogP contribution in [0.4, 0.5) is 4.39 Å². The van der Waals surface area contributed by atoms with Crippen LogP contribution in [-0.2, 0) is 27.8 Å². The summed E-state index contributed by atoms with van der Waals surface area (Å²) in [5.74, 6) is -0.850. The average Bonchev–Trinajstić information content (AvgIpc) is 3.66. The fourth-order valence-electron chi connectivity index (χ4n) is 4.49. The number of rotatable bonds is 10. The highest BCUT2D eigenvalue weighted by Crippen LogP contribution is 2.32. The predicted molar refractivity (Wildman–Crippen MR) is 147 cm³/mol. The van der Waals surface area contributed by atoms with Gasteiger partial charge in [-0.25, -0.2) is 12.8 Å². The highest BCUT2D eigenvalue weighted by molar-refractivity contribution is 7.89. The van der Waals surface area contributed by atoms with Gasteiger partial charge in [-0.3, -0.25) is 4.79 Å². The zero-order chi connectivity index (χ0) is 26.9. The van der Waals surface area contributed by atoms with Gasteiger partial charge in [0.1, 0.15) is 5.82 Å². The van der Waals surface area contributed by atoms with E-state index in [0.29, 0.717) is 35.9 Å². The van der Waals surface area contributed by atoms with Crippen LogP contribution in [0.15, 0.2) is 77.8 Å². The number of carbonyl (C=O) groups excluding carboxylic acids is 1. The maximum absolute atomic E-state index is 13.7. The summed E-state index contributed by atoms with van der Waals surface area (Å²) < 4.78 is 41.5. The van der Waals surface area contributed by atoms with Crippen molar-refractivity contribution in [2.45, 2.75) is 36.7 Å². The third kappa shape index (κ3) is 5.89. The zero-order valence-corrected chi connectivity index (χ0v) is 22.7. The summed E-state index contributed by atoms with van der Waals surface area (Å²) in [4.78, 5) is 18.6. The van der Waals surface area contributed by atoms with Gasteiger partial charge >= 0.3 is 0 Å². The van der Waals surface area contributed by atoms with Crippen molar-refractivity contribution >= 4 is 50.0 Å². The van der Waals surface area contributed by atoms with Gasteiger partial charge in [-0.1, -0.05) is 47.5 Å². The highest BCUT2D eigenvalue weighted by Gasteiger charge is 2.40. The number of sulfonamides is 1. The molecule has 0 atom stereocenters. The Morgan fingerprint density at radius 3 is 2.45 bits per heavy atom. The molecule has 10 heteroatoms. The second-order valence-electron chi connectivity index (χ2n) is 9.41. The van der Waals surface area contributed by atoms with Crippen LogP contribution in [0.25, 0.3) is 10.9 Å². The monoisotopic (exact) mass is 573 g/mol. The summed E-state index contributed by atoms with van der Waals surface area (Å²) in [5.41, 5.74) is 2.85. The Labute approximate surface area is 231 Å². The van der Waals surface area contributed by atoms with Crippen molar-refractivity contribution in [1.29, 1.82) is 0 Å². The van der Waals surface area contributed by atoms with Crippen LogP contribution in [-0.4, -0.2) is 47.6 Å². The molecule has 1 aliphatic rings. The number of carbonyl (C=O) groups is 1. The van der Waals surface area contributed by atoms with Crippen LogP contribution in [0, 0.1) is 5.82 Å². The number of nitrogens with zero attached hydrogens (tertiary/aromatic N) is 2. The summed E-state index contributed by atoms with van der Waals surface area (Å²) in [6.45, 7) is 0.308. The number of nitrogens with one attached hydrogen (secondary N) is 1. The lowest BCUT2D eigenvalue weighted by molar-refractivity contribution is -0.132. The smallest absolute Gasteiger partial charge is 0.243 e. The standard InChI is InChI=1S/C28H26Cl2FN3O3S/c29-25-12-5-19(15-26(25)30)17-33(14-13-20-16-32-27-4-2-1-3-24(20)27)28(35)18-34(22-8-9-22)38(36,37)23-10-6-21(31)7-11-23/h1-7,10-12,15-16,22,32H,8-9,13-14,17-18H2. The number of benzene rings is 3. The topological polar surface area (TPSA) is 73.5 Å². The van der Waals surface area contributed by atoms with E-state index in [0.717, 1.165) is 34.2 Å². The SMILES string of the molecule is O=C(CN(C1CC1)S(=O)(=O)c1ccc(F)cc1)N(CCc1c[nH]c2ccccc12)Cc1ccc(Cl)c(Cl)c1. The van der Waals surface area contributed by atoms with Crippen molar-refractivity contribution in [3.8, 4) is 0 Å². The summed E-state index contributed by atoms with van der Waals surface area (Å²) >= 11 is 12.3. The number of aromatic amines is 1. The van der Waals surface area contributed by atoms with Gasteiger partial charge in [0.25, 0.3) is 0 Å². The molecule has 1 amide bonds. The molecule has 5 rings (SSSR count). The molecule has 0 saturated heterocycles. The van der Waals surface area contributed by atoms with E-state index >= 15 is 0 Å². The van der Waals surface area contributed by atoms with Gasteiger partial charge in [0, 0.05) is 36.2 Å². The van der Waals surface area contributed by atoms with Crippen molar-refractivity contribution in [2.24, 2.45) is 0 Å². The third-order valence-electron chi connectivity index (χ3n) is 6.70. The minimum absolute atomic E-state index is 0.0339. The van der Waals surface area contributed by atoms with E-state index in [1.54, 1.807) is 23.1 Å². The number of aromatic nitrogens is 1. The molecule has 1 fully saturated rings. The van der Waals surface area contributed by atoms with Crippen LogP contribution in [0.1, 0.15) is 24.0 Å². The lowest BCUT2D eigenvalue weighted by atomic mass is 10.1. The van der Waals surface area contributed by atoms with E-state index in [1.807, 2.05) is 30.5 Å². The molecule has 0 spiro atoms. The van der Waals surface area contributed by atoms with Crippen molar-refractivity contribution < 1.29 is 17.6 Å². The second-order valence-corrected chi connectivity index (χ2v) is 12.1. The Balaban J connectivity index is 1.40. The van der Waals surface area contributed by atoms with E-state index in [9.17, 15) is 17.6 Å². The summed E-state index contributed by atoms with van der Waals surface area (Å²) in [6.07, 6.45) is 3.86. The lowest BCUT2D eigenvalue weighted by Gasteiger charge is -2.27. The number of halogens is 3. The van der Waals surface area contributed by atoms with Crippen LogP contribution in [0.2, 0.25) is 10.0 Å². The third-order valence-corrected chi connectivity index (χ3v) is 9.35. The number of hydrogen-bond donors (Lipinski definition) is 1. The first-order chi connectivity index (χ1) is 18.2. The molecular weight excluding hydrogens is 548 g/mol. The maximum Gasteiger partial charge on any atom is 0.243 e. The molecule has 1 heterocycles. The molecule has 1 aliphatic carbocycles. The van der Waals surface area contributed by atoms with E-state index < -0.39 is 15.8 Å². The van der Waals surface area contributed by atoms with E-state index in [2.05, 4.69) is 4.98 Å². The minimum Gasteiger partial charge on any atom is -0.361 e. The first-order valence-corrected chi connectivity index (χ1v) is 14.5. The molecule has 38 heavy (non-hydrogen) atoms. The minimum atomic E-state index is -3.98. The molecule has 1 aromatic heterocycles. The van der Waals surface area contributed by atoms with Gasteiger partial charge in [0.15, 0.2) is 0 Å². The summed E-state index contributed by atoms with van der Waals surface area (Å²) in [5, 5.41) is 1.87. The summed E-state index contributed by atoms with van der Waals surface area (Å²) in [6, 6.07) is 17.5. The van der Waals surface area contributed by atoms with E-state index in [4.69, 9.17) is 23.2 Å². The number of para-hydroxylation sites is 1. The van der Waals surface area contributed by atoms with E-state index in [-0.39, 0.29) is 29.9 Å². The van der Waals surface area contributed by atoms with Gasteiger partial charge in [-0.2, -0.15) is 4.31 Å². The van der Waals surface area contributed by atoms with Crippen molar-refractivity contribution in [3.63, 3.8) is 0 Å². The number of hydrogen-bond acceptors (Lipinski definition) is 3. The zero-order valence-electron chi connectivity index (χ0n) is 20.4. The van der Waals surface area contributed by atoms with Crippen molar-refractivity contribution in [2.75, 3.05) is 13.1 Å². The predicted octanol–water partition coefficient (Wildman–Crippen LogP) is 6.04. The fourth-order valence-corrected chi connectivity index (χ4v) is 6.45. The Hall–Kier alpha value is -2.91. The number of amides is 1. The molecule has 0 radical (unpaired) electrons. The molecule has 4 aromatic rings. The molecule has 0 unspecified atom stereocenters. The first-order valence-electron chi connectivity index (χ1n) is 12.3. The Morgan fingerprint density at radius 2 is 1.74 bits per heavy atom. The summed E-state index contributed by atoms with van der Waals surface area (Å²) in [7, 11) is -3.98. The first kappa shape index (κ1) is 26.7. The van der Waals surface area contributed by atoms with Crippen LogP contribution < -0.4 is 0 Å². The Bertz CT molecular complexity index is 1570. The molecule has 0 bridgehead atoms. The van der Waals surface area contributed by atoms with Crippen molar-refractivity contribution in [3.05, 3.63) is 99.9 Å². The van der Waals surface area contributed by atoms with Gasteiger partial charge in [0.05, 0.1) is 21.5 Å². The molecule has 0 aliphatic heterocycles. The molecule has 198 valence electrons. The molecule has 6 nitrogen and oxygen atoms in total. The van der Waals surface area contributed by atoms with Gasteiger partial charge in [-0.05, 0) is 72.9 Å². The normalized spacial score (nSPS) is 13.8. The molecule has 1 saturated carbocycles. The molecular formula is C28H26Cl2FN3O3S. The van der Waals surface area contributed by atoms with Crippen LogP contribution >= 0.6 is 23.2 Å². The van der Waals surface area contributed by atoms with Gasteiger partial charge in [0.2, 0.25) is 15.9 Å². The average molecular weight is 575 g/mol. The number of H-pyrrole nitrogens is 1. The van der Waals surface area contributed by atoms with Crippen LogP contribution in [0.5, 0.6) is 0 Å². The fraction of sp³-hybridized carbons (Fsp3) is 0.250. The van der Waals surface area contributed by atoms with Crippen LogP contribution in [0.3, 0.4) is 0 Å². The quantitative estimate of drug-likeness (QED) is 0.251. The lowest BCUT2D eigenvalue weighted by Crippen LogP contribution is -2.44. The number of fused-ring (bicyclic) bond motifs is 1. The van der Waals surface area contributed by atoms with Gasteiger partial charge in [-0.15, -0.1) is 0 Å². The van der Waals surface area contributed by atoms with E-state index in [1.165, 1.54) is 16.4 Å².